The zero-order valence-electron chi connectivity index (χ0n) is 14.1. The molecule has 0 N–H and O–H groups in total. The first kappa shape index (κ1) is 16.7. The predicted molar refractivity (Wildman–Crippen MR) is 91.1 cm³/mol. The van der Waals surface area contributed by atoms with Gasteiger partial charge in [0.05, 0.1) is 18.9 Å². The van der Waals surface area contributed by atoms with E-state index in [9.17, 15) is 15.3 Å². The summed E-state index contributed by atoms with van der Waals surface area (Å²) < 4.78 is 5.27. The lowest BCUT2D eigenvalue weighted by Crippen LogP contribution is -2.41. The normalized spacial score (nSPS) is 24.2. The number of fused-ring (bicyclic) bond motifs is 3. The number of allylic oxidation sites excluding steroid dienone is 1. The number of carbonyl (C=O) groups is 1. The minimum absolute atomic E-state index is 0.235. The number of nitriles is 2. The van der Waals surface area contributed by atoms with Crippen LogP contribution < -0.4 is 0 Å². The predicted octanol–water partition coefficient (Wildman–Crippen LogP) is 2.69. The van der Waals surface area contributed by atoms with Crippen molar-refractivity contribution in [2.75, 3.05) is 6.61 Å². The van der Waals surface area contributed by atoms with Crippen molar-refractivity contribution in [2.24, 2.45) is 11.0 Å². The highest BCUT2D eigenvalue weighted by molar-refractivity contribution is 5.87. The van der Waals surface area contributed by atoms with Gasteiger partial charge in [-0.3, -0.25) is 9.80 Å². The Morgan fingerprint density at radius 3 is 2.72 bits per heavy atom. The first-order valence-electron chi connectivity index (χ1n) is 8.26. The molecule has 0 aromatic heterocycles. The van der Waals surface area contributed by atoms with E-state index in [2.05, 4.69) is 17.2 Å². The minimum Gasteiger partial charge on any atom is -0.465 e. The van der Waals surface area contributed by atoms with Gasteiger partial charge in [-0.05, 0) is 30.0 Å². The van der Waals surface area contributed by atoms with Crippen molar-refractivity contribution >= 4 is 12.2 Å². The van der Waals surface area contributed by atoms with Crippen molar-refractivity contribution in [2.45, 2.75) is 31.8 Å². The number of rotatable bonds is 3. The monoisotopic (exact) mass is 334 g/mol. The molecular formula is C19H18N4O2. The molecule has 0 saturated carbocycles. The molecule has 1 aromatic rings. The van der Waals surface area contributed by atoms with Gasteiger partial charge in [0.25, 0.3) is 5.54 Å². The zero-order chi connectivity index (χ0) is 18.0. The maximum absolute atomic E-state index is 12.8. The molecular weight excluding hydrogens is 316 g/mol. The highest BCUT2D eigenvalue weighted by Gasteiger charge is 2.61. The number of hydrogen-bond acceptors (Lipinski definition) is 6. The second kappa shape index (κ2) is 6.41. The first-order valence-corrected chi connectivity index (χ1v) is 8.26. The molecule has 1 saturated heterocycles. The maximum atomic E-state index is 12.8. The lowest BCUT2D eigenvalue weighted by molar-refractivity contribution is -0.147. The van der Waals surface area contributed by atoms with E-state index in [4.69, 9.17) is 4.74 Å². The molecule has 25 heavy (non-hydrogen) atoms. The highest BCUT2D eigenvalue weighted by Crippen LogP contribution is 2.52. The molecule has 2 aliphatic rings. The third-order valence-electron chi connectivity index (χ3n) is 4.60. The van der Waals surface area contributed by atoms with Crippen LogP contribution >= 0.6 is 0 Å². The second-order valence-corrected chi connectivity index (χ2v) is 5.89. The molecule has 2 aliphatic heterocycles. The Morgan fingerprint density at radius 1 is 1.36 bits per heavy atom. The average Bonchev–Trinajstić information content (AvgIpc) is 2.92. The quantitative estimate of drug-likeness (QED) is 0.626. The smallest absolute Gasteiger partial charge is 0.315 e. The van der Waals surface area contributed by atoms with Crippen molar-refractivity contribution in [1.82, 2.24) is 5.01 Å². The number of nitrogens with zero attached hydrogens (tertiary/aromatic N) is 4. The van der Waals surface area contributed by atoms with E-state index in [1.807, 2.05) is 31.2 Å². The molecule has 0 amide bonds. The van der Waals surface area contributed by atoms with E-state index in [0.717, 1.165) is 11.1 Å². The molecule has 0 bridgehead atoms. The molecule has 0 radical (unpaired) electrons. The van der Waals surface area contributed by atoms with Crippen molar-refractivity contribution in [3.63, 3.8) is 0 Å². The van der Waals surface area contributed by atoms with Crippen LogP contribution in [0.4, 0.5) is 0 Å². The van der Waals surface area contributed by atoms with Crippen LogP contribution in [0.2, 0.25) is 0 Å². The number of ether oxygens (including phenoxy) is 1. The summed E-state index contributed by atoms with van der Waals surface area (Å²) in [4.78, 5) is 12.8. The van der Waals surface area contributed by atoms with Gasteiger partial charge >= 0.3 is 5.97 Å². The summed E-state index contributed by atoms with van der Waals surface area (Å²) in [6.07, 6.45) is 4.01. The first-order chi connectivity index (χ1) is 12.1. The van der Waals surface area contributed by atoms with Crippen LogP contribution in [0.25, 0.3) is 0 Å². The van der Waals surface area contributed by atoms with Crippen LogP contribution in [0.3, 0.4) is 0 Å². The summed E-state index contributed by atoms with van der Waals surface area (Å²) in [5, 5.41) is 25.5. The fourth-order valence-corrected chi connectivity index (χ4v) is 3.61. The van der Waals surface area contributed by atoms with Crippen molar-refractivity contribution in [3.8, 4) is 12.1 Å². The molecule has 6 heteroatoms. The largest absolute Gasteiger partial charge is 0.465 e. The van der Waals surface area contributed by atoms with Crippen LogP contribution in [0.1, 0.15) is 37.4 Å². The highest BCUT2D eigenvalue weighted by atomic mass is 16.5. The van der Waals surface area contributed by atoms with Crippen LogP contribution in [0.5, 0.6) is 0 Å². The summed E-state index contributed by atoms with van der Waals surface area (Å²) in [6.45, 7) is 3.88. The fourth-order valence-electron chi connectivity index (χ4n) is 3.61. The van der Waals surface area contributed by atoms with Crippen molar-refractivity contribution < 1.29 is 9.53 Å². The standard InChI is InChI=1S/C19H18N4O2/c1-3-7-15-16(18(24)25-4-2)17-14-9-6-5-8-13(14)10-22-23(17)19(15,11-20)12-21/h5-10,16-17H,3-4H2,1-2H3/b15-7+/t16-,17-/m0/s1. The van der Waals surface area contributed by atoms with Crippen LogP contribution in [0, 0.1) is 28.6 Å². The number of hydrazone groups is 1. The molecule has 0 unspecified atom stereocenters. The Kier molecular flexibility index (Phi) is 4.29. The summed E-state index contributed by atoms with van der Waals surface area (Å²) >= 11 is 0. The van der Waals surface area contributed by atoms with E-state index < -0.39 is 23.5 Å². The van der Waals surface area contributed by atoms with E-state index in [1.165, 1.54) is 5.01 Å². The molecule has 0 aliphatic carbocycles. The molecule has 126 valence electrons. The third kappa shape index (κ3) is 2.30. The molecule has 2 heterocycles. The molecule has 6 nitrogen and oxygen atoms in total. The van der Waals surface area contributed by atoms with Gasteiger partial charge in [-0.25, -0.2) is 0 Å². The summed E-state index contributed by atoms with van der Waals surface area (Å²) in [7, 11) is 0. The second-order valence-electron chi connectivity index (χ2n) is 5.89. The average molecular weight is 334 g/mol. The number of hydrogen-bond donors (Lipinski definition) is 0. The zero-order valence-corrected chi connectivity index (χ0v) is 14.1. The summed E-state index contributed by atoms with van der Waals surface area (Å²) in [5.74, 6) is -1.17. The number of esters is 1. The Hall–Kier alpha value is -3.12. The van der Waals surface area contributed by atoms with Crippen molar-refractivity contribution in [3.05, 3.63) is 47.0 Å². The Balaban J connectivity index is 2.27. The lowest BCUT2D eigenvalue weighted by Gasteiger charge is -2.32. The van der Waals surface area contributed by atoms with Gasteiger partial charge in [0.15, 0.2) is 0 Å². The van der Waals surface area contributed by atoms with Gasteiger partial charge in [0.1, 0.15) is 18.1 Å². The SMILES string of the molecule is CC/C=C1\[C@H](C(=O)OCC)[C@@H]2c3ccccc3C=NN2C1(C#N)C#N. The minimum atomic E-state index is -1.61. The Bertz CT molecular complexity index is 830. The van der Waals surface area contributed by atoms with E-state index in [-0.39, 0.29) is 6.61 Å². The molecule has 2 atom stereocenters. The van der Waals surface area contributed by atoms with Gasteiger partial charge in [-0.1, -0.05) is 37.3 Å². The Morgan fingerprint density at radius 2 is 2.08 bits per heavy atom. The van der Waals surface area contributed by atoms with Crippen molar-refractivity contribution in [1.29, 1.82) is 10.5 Å². The van der Waals surface area contributed by atoms with Gasteiger partial charge < -0.3 is 4.74 Å². The third-order valence-corrected chi connectivity index (χ3v) is 4.60. The molecule has 3 rings (SSSR count). The number of carbonyl (C=O) groups excluding carboxylic acids is 1. The topological polar surface area (TPSA) is 89.5 Å². The molecule has 1 aromatic carbocycles. The van der Waals surface area contributed by atoms with E-state index in [0.29, 0.717) is 12.0 Å². The van der Waals surface area contributed by atoms with Crippen LogP contribution in [0.15, 0.2) is 41.0 Å². The Labute approximate surface area is 146 Å². The summed E-state index contributed by atoms with van der Waals surface area (Å²) in [6, 6.07) is 11.2. The molecule has 0 spiro atoms. The van der Waals surface area contributed by atoms with Gasteiger partial charge in [-0.15, -0.1) is 0 Å². The lowest BCUT2D eigenvalue weighted by atomic mass is 9.83. The maximum Gasteiger partial charge on any atom is 0.315 e. The summed E-state index contributed by atoms with van der Waals surface area (Å²) in [5.41, 5.74) is 0.588. The van der Waals surface area contributed by atoms with Crippen LogP contribution in [-0.4, -0.2) is 29.3 Å². The van der Waals surface area contributed by atoms with Gasteiger partial charge in [0.2, 0.25) is 0 Å². The van der Waals surface area contributed by atoms with Gasteiger partial charge in [0, 0.05) is 0 Å². The molecule has 1 fully saturated rings. The fraction of sp³-hybridized carbons (Fsp3) is 0.368. The van der Waals surface area contributed by atoms with Crippen LogP contribution in [-0.2, 0) is 9.53 Å². The van der Waals surface area contributed by atoms with E-state index >= 15 is 0 Å². The number of benzene rings is 1. The van der Waals surface area contributed by atoms with E-state index in [1.54, 1.807) is 19.2 Å². The van der Waals surface area contributed by atoms with Gasteiger partial charge in [-0.2, -0.15) is 15.6 Å².